The largest absolute Gasteiger partial charge is 0.497 e. The maximum Gasteiger partial charge on any atom is 0.303 e. The third kappa shape index (κ3) is 5.98. The molecule has 0 aliphatic carbocycles. The predicted octanol–water partition coefficient (Wildman–Crippen LogP) is 4.37. The van der Waals surface area contributed by atoms with Crippen LogP contribution in [0.2, 0.25) is 0 Å². The van der Waals surface area contributed by atoms with E-state index in [9.17, 15) is 9.90 Å². The maximum absolute atomic E-state index is 11.6. The molecule has 6 heteroatoms. The lowest BCUT2D eigenvalue weighted by atomic mass is 9.80. The average Bonchev–Trinajstić information content (AvgIpc) is 3.24. The van der Waals surface area contributed by atoms with Crippen LogP contribution in [0.25, 0.3) is 10.9 Å². The second-order valence-corrected chi connectivity index (χ2v) is 9.19. The van der Waals surface area contributed by atoms with Crippen molar-refractivity contribution in [2.24, 2.45) is 18.9 Å². The van der Waals surface area contributed by atoms with Gasteiger partial charge in [-0.05, 0) is 91.9 Å². The number of rotatable bonds is 8. The smallest absolute Gasteiger partial charge is 0.303 e. The number of aryl methyl sites for hydroxylation is 2. The molecule has 0 bridgehead atoms. The quantitative estimate of drug-likeness (QED) is 0.507. The highest BCUT2D eigenvalue weighted by Crippen LogP contribution is 2.31. The fraction of sp³-hybridized carbons (Fsp3) is 0.429. The van der Waals surface area contributed by atoms with Crippen LogP contribution in [0.1, 0.15) is 36.9 Å². The molecule has 2 aromatic heterocycles. The minimum atomic E-state index is -0.709. The molecule has 0 amide bonds. The van der Waals surface area contributed by atoms with E-state index in [1.807, 2.05) is 48.3 Å². The van der Waals surface area contributed by atoms with Crippen LogP contribution in [0.5, 0.6) is 5.75 Å². The van der Waals surface area contributed by atoms with Crippen LogP contribution in [0.15, 0.2) is 48.8 Å². The Morgan fingerprint density at radius 3 is 2.91 bits per heavy atom. The van der Waals surface area contributed by atoms with Crippen LogP contribution in [0.4, 0.5) is 0 Å². The number of likely N-dealkylation sites (tertiary alicyclic amines) is 1. The fourth-order valence-corrected chi connectivity index (χ4v) is 5.05. The molecular weight excluding hydrogens is 426 g/mol. The zero-order chi connectivity index (χ0) is 23.9. The van der Waals surface area contributed by atoms with Crippen LogP contribution in [-0.2, 0) is 18.3 Å². The number of nitrogens with zero attached hydrogens (tertiary/aromatic N) is 3. The second-order valence-electron chi connectivity index (χ2n) is 9.19. The molecule has 2 atom stereocenters. The Bertz CT molecular complexity index is 1190. The van der Waals surface area contributed by atoms with Crippen LogP contribution >= 0.6 is 0 Å². The van der Waals surface area contributed by atoms with Gasteiger partial charge in [-0.3, -0.25) is 14.7 Å². The summed E-state index contributed by atoms with van der Waals surface area (Å²) in [6.07, 6.45) is 8.12. The third-order valence-corrected chi connectivity index (χ3v) is 6.94. The average molecular weight is 460 g/mol. The summed E-state index contributed by atoms with van der Waals surface area (Å²) >= 11 is 0. The molecule has 3 aromatic rings. The molecule has 1 aliphatic heterocycles. The Labute approximate surface area is 201 Å². The van der Waals surface area contributed by atoms with Crippen LogP contribution < -0.4 is 4.74 Å². The van der Waals surface area contributed by atoms with E-state index in [0.29, 0.717) is 12.5 Å². The summed E-state index contributed by atoms with van der Waals surface area (Å²) in [5.74, 6) is 7.21. The highest BCUT2D eigenvalue weighted by atomic mass is 16.5. The van der Waals surface area contributed by atoms with E-state index >= 15 is 0 Å². The Kier molecular flexibility index (Phi) is 7.87. The number of pyridine rings is 1. The van der Waals surface area contributed by atoms with Gasteiger partial charge in [-0.1, -0.05) is 5.92 Å². The van der Waals surface area contributed by atoms with Crippen molar-refractivity contribution in [2.75, 3.05) is 26.7 Å². The summed E-state index contributed by atoms with van der Waals surface area (Å²) in [5.41, 5.74) is 3.25. The lowest BCUT2D eigenvalue weighted by Crippen LogP contribution is -2.41. The van der Waals surface area contributed by atoms with Gasteiger partial charge in [0.25, 0.3) is 0 Å². The van der Waals surface area contributed by atoms with Gasteiger partial charge in [-0.2, -0.15) is 0 Å². The number of ether oxygens (including phenoxy) is 1. The first kappa shape index (κ1) is 23.8. The first-order valence-electron chi connectivity index (χ1n) is 12.0. The third-order valence-electron chi connectivity index (χ3n) is 6.94. The van der Waals surface area contributed by atoms with Gasteiger partial charge in [-0.25, -0.2) is 0 Å². The van der Waals surface area contributed by atoms with E-state index < -0.39 is 5.97 Å². The van der Waals surface area contributed by atoms with Gasteiger partial charge in [0.1, 0.15) is 5.75 Å². The number of aliphatic carboxylic acids is 1. The lowest BCUT2D eigenvalue weighted by Gasteiger charge is -2.37. The first-order chi connectivity index (χ1) is 16.5. The molecule has 0 saturated carbocycles. The Morgan fingerprint density at radius 1 is 1.26 bits per heavy atom. The molecule has 178 valence electrons. The first-order valence-corrected chi connectivity index (χ1v) is 12.0. The topological polar surface area (TPSA) is 67.6 Å². The van der Waals surface area contributed by atoms with E-state index in [1.54, 1.807) is 7.11 Å². The Balaban J connectivity index is 1.35. The van der Waals surface area contributed by atoms with E-state index in [0.717, 1.165) is 61.1 Å². The Morgan fingerprint density at radius 2 is 2.15 bits per heavy atom. The number of hydrogen-bond donors (Lipinski definition) is 1. The van der Waals surface area contributed by atoms with Gasteiger partial charge < -0.3 is 14.4 Å². The molecule has 3 heterocycles. The van der Waals surface area contributed by atoms with Gasteiger partial charge in [0.05, 0.1) is 24.9 Å². The fourth-order valence-electron chi connectivity index (χ4n) is 5.05. The summed E-state index contributed by atoms with van der Waals surface area (Å²) in [4.78, 5) is 18.3. The van der Waals surface area contributed by atoms with E-state index in [1.165, 1.54) is 5.56 Å². The predicted molar refractivity (Wildman–Crippen MR) is 134 cm³/mol. The number of carboxylic acids is 1. The summed E-state index contributed by atoms with van der Waals surface area (Å²) in [6, 6.07) is 12.1. The standard InChI is InChI=1S/C28H33N3O3/c1-30-15-4-8-24(30)9-5-16-31-17-13-21(23(20-31)18-28(32)33)6-3-7-22-12-14-29-27-11-10-25(34-2)19-26(22)27/h4,8,10-12,14-15,19,21,23H,3,6-7,13,16-18,20H2,1-2H3,(H,32,33)/t21-,23+/m1/s1. The number of hydrogen-bond acceptors (Lipinski definition) is 4. The molecule has 1 saturated heterocycles. The molecule has 0 unspecified atom stereocenters. The summed E-state index contributed by atoms with van der Waals surface area (Å²) in [6.45, 7) is 2.45. The van der Waals surface area contributed by atoms with Crippen molar-refractivity contribution in [1.82, 2.24) is 14.5 Å². The van der Waals surface area contributed by atoms with Crippen LogP contribution in [0.3, 0.4) is 0 Å². The molecule has 1 N–H and O–H groups in total. The van der Waals surface area contributed by atoms with Crippen molar-refractivity contribution in [1.29, 1.82) is 0 Å². The van der Waals surface area contributed by atoms with E-state index in [4.69, 9.17) is 4.74 Å². The van der Waals surface area contributed by atoms with Crippen LogP contribution in [-0.4, -0.2) is 52.3 Å². The van der Waals surface area contributed by atoms with Crippen molar-refractivity contribution in [2.45, 2.75) is 32.1 Å². The minimum absolute atomic E-state index is 0.164. The van der Waals surface area contributed by atoms with E-state index in [2.05, 4.69) is 33.9 Å². The summed E-state index contributed by atoms with van der Waals surface area (Å²) < 4.78 is 7.40. The van der Waals surface area contributed by atoms with Gasteiger partial charge in [-0.15, -0.1) is 0 Å². The number of carboxylic acid groups (broad SMARTS) is 1. The number of aromatic nitrogens is 2. The molecule has 34 heavy (non-hydrogen) atoms. The zero-order valence-electron chi connectivity index (χ0n) is 20.0. The van der Waals surface area contributed by atoms with Gasteiger partial charge in [0.2, 0.25) is 0 Å². The number of fused-ring (bicyclic) bond motifs is 1. The molecule has 0 radical (unpaired) electrons. The van der Waals surface area contributed by atoms with Gasteiger partial charge >= 0.3 is 5.97 Å². The van der Waals surface area contributed by atoms with Crippen molar-refractivity contribution < 1.29 is 14.6 Å². The number of carbonyl (C=O) groups is 1. The molecule has 1 aromatic carbocycles. The number of benzene rings is 1. The van der Waals surface area contributed by atoms with E-state index in [-0.39, 0.29) is 12.3 Å². The lowest BCUT2D eigenvalue weighted by molar-refractivity contribution is -0.139. The Hall–Kier alpha value is -3.30. The second kappa shape index (κ2) is 11.2. The molecule has 4 rings (SSSR count). The summed E-state index contributed by atoms with van der Waals surface area (Å²) in [7, 11) is 3.67. The van der Waals surface area contributed by atoms with Gasteiger partial charge in [0, 0.05) is 37.8 Å². The maximum atomic E-state index is 11.6. The number of methoxy groups -OCH3 is 1. The normalized spacial score (nSPS) is 18.4. The van der Waals surface area contributed by atoms with Crippen LogP contribution in [0, 0.1) is 23.7 Å². The zero-order valence-corrected chi connectivity index (χ0v) is 20.0. The minimum Gasteiger partial charge on any atom is -0.497 e. The molecular formula is C28H33N3O3. The SMILES string of the molecule is COc1ccc2nccc(CCC[C@@H]3CCN(CC#Cc4cccn4C)C[C@@H]3CC(=O)O)c2c1. The van der Waals surface area contributed by atoms with Crippen molar-refractivity contribution >= 4 is 16.9 Å². The highest BCUT2D eigenvalue weighted by Gasteiger charge is 2.30. The molecule has 0 spiro atoms. The van der Waals surface area contributed by atoms with Crippen molar-refractivity contribution in [3.05, 3.63) is 60.0 Å². The van der Waals surface area contributed by atoms with Gasteiger partial charge in [0.15, 0.2) is 0 Å². The van der Waals surface area contributed by atoms with Crippen molar-refractivity contribution in [3.63, 3.8) is 0 Å². The highest BCUT2D eigenvalue weighted by molar-refractivity contribution is 5.83. The molecule has 1 aliphatic rings. The summed E-state index contributed by atoms with van der Waals surface area (Å²) in [5, 5.41) is 10.6. The molecule has 1 fully saturated rings. The number of piperidine rings is 1. The monoisotopic (exact) mass is 459 g/mol. The molecule has 6 nitrogen and oxygen atoms in total. The van der Waals surface area contributed by atoms with Crippen molar-refractivity contribution in [3.8, 4) is 17.6 Å².